The fourth-order valence-corrected chi connectivity index (χ4v) is 5.77. The maximum absolute atomic E-state index is 13.0. The van der Waals surface area contributed by atoms with Gasteiger partial charge in [0.1, 0.15) is 0 Å². The number of nitrogens with zero attached hydrogens (tertiary/aromatic N) is 1. The van der Waals surface area contributed by atoms with Crippen molar-refractivity contribution in [2.24, 2.45) is 0 Å². The van der Waals surface area contributed by atoms with E-state index in [0.717, 1.165) is 11.1 Å². The predicted octanol–water partition coefficient (Wildman–Crippen LogP) is 3.07. The van der Waals surface area contributed by atoms with Gasteiger partial charge in [0, 0.05) is 5.70 Å². The molecule has 0 spiro atoms. The van der Waals surface area contributed by atoms with Crippen molar-refractivity contribution in [3.05, 3.63) is 46.7 Å². The van der Waals surface area contributed by atoms with Crippen LogP contribution in [0.2, 0.25) is 0 Å². The summed E-state index contributed by atoms with van der Waals surface area (Å²) in [5, 5.41) is 2.90. The minimum Gasteiger partial charge on any atom is -0.463 e. The van der Waals surface area contributed by atoms with Crippen molar-refractivity contribution in [1.29, 1.82) is 0 Å². The number of sulfone groups is 1. The molecule has 1 aromatic carbocycles. The van der Waals surface area contributed by atoms with Gasteiger partial charge in [0.25, 0.3) is 0 Å². The van der Waals surface area contributed by atoms with E-state index in [4.69, 9.17) is 4.74 Å². The zero-order valence-electron chi connectivity index (χ0n) is 18.2. The van der Waals surface area contributed by atoms with Gasteiger partial charge >= 0.3 is 12.0 Å². The second kappa shape index (κ2) is 8.06. The second-order valence-corrected chi connectivity index (χ2v) is 11.1. The molecule has 2 aliphatic heterocycles. The van der Waals surface area contributed by atoms with Crippen LogP contribution in [0, 0.1) is 0 Å². The summed E-state index contributed by atoms with van der Waals surface area (Å²) in [6, 6.07) is 6.28. The summed E-state index contributed by atoms with van der Waals surface area (Å²) in [4.78, 5) is 27.2. The predicted molar refractivity (Wildman–Crippen MR) is 115 cm³/mol. The van der Waals surface area contributed by atoms with E-state index in [1.54, 1.807) is 13.8 Å². The van der Waals surface area contributed by atoms with Crippen LogP contribution in [-0.2, 0) is 24.8 Å². The van der Waals surface area contributed by atoms with Crippen molar-refractivity contribution in [3.8, 4) is 0 Å². The van der Waals surface area contributed by atoms with E-state index >= 15 is 0 Å². The molecule has 1 N–H and O–H groups in total. The zero-order valence-corrected chi connectivity index (χ0v) is 19.0. The van der Waals surface area contributed by atoms with E-state index in [0.29, 0.717) is 17.7 Å². The molecular weight excluding hydrogens is 404 g/mol. The summed E-state index contributed by atoms with van der Waals surface area (Å²) >= 11 is 0. The summed E-state index contributed by atoms with van der Waals surface area (Å²) in [5.41, 5.74) is 2.69. The number of amides is 2. The maximum Gasteiger partial charge on any atom is 0.338 e. The lowest BCUT2D eigenvalue weighted by molar-refractivity contribution is -0.139. The molecule has 2 amide bonds. The van der Waals surface area contributed by atoms with Crippen molar-refractivity contribution >= 4 is 21.8 Å². The van der Waals surface area contributed by atoms with E-state index in [1.165, 1.54) is 4.90 Å². The van der Waals surface area contributed by atoms with Crippen LogP contribution in [0.25, 0.3) is 0 Å². The molecule has 3 rings (SSSR count). The van der Waals surface area contributed by atoms with Gasteiger partial charge < -0.3 is 10.1 Å². The number of urea groups is 1. The topological polar surface area (TPSA) is 92.8 Å². The first kappa shape index (κ1) is 22.3. The van der Waals surface area contributed by atoms with Gasteiger partial charge in [-0.2, -0.15) is 0 Å². The van der Waals surface area contributed by atoms with E-state index in [1.807, 2.05) is 24.3 Å². The molecule has 2 heterocycles. The quantitative estimate of drug-likeness (QED) is 0.735. The fourth-order valence-electron chi connectivity index (χ4n) is 4.07. The van der Waals surface area contributed by atoms with Crippen molar-refractivity contribution in [2.75, 3.05) is 18.1 Å². The molecule has 0 bridgehead atoms. The number of rotatable bonds is 4. The van der Waals surface area contributed by atoms with Gasteiger partial charge in [0.15, 0.2) is 9.84 Å². The molecule has 1 aromatic rings. The second-order valence-electron chi connectivity index (χ2n) is 8.90. The number of benzene rings is 1. The van der Waals surface area contributed by atoms with Crippen LogP contribution in [0.15, 0.2) is 35.5 Å². The minimum absolute atomic E-state index is 0.0190. The number of esters is 1. The highest BCUT2D eigenvalue weighted by atomic mass is 32.2. The minimum atomic E-state index is -3.18. The number of allylic oxidation sites excluding steroid dienone is 1. The summed E-state index contributed by atoms with van der Waals surface area (Å²) in [7, 11) is -3.18. The Kier molecular flexibility index (Phi) is 6.00. The number of ether oxygens (including phenoxy) is 1. The molecule has 30 heavy (non-hydrogen) atoms. The Bertz CT molecular complexity index is 974. The molecule has 0 radical (unpaired) electrons. The molecule has 1 saturated heterocycles. The van der Waals surface area contributed by atoms with Gasteiger partial charge in [-0.15, -0.1) is 0 Å². The first-order chi connectivity index (χ1) is 13.9. The van der Waals surface area contributed by atoms with Crippen LogP contribution in [0.1, 0.15) is 58.2 Å². The summed E-state index contributed by atoms with van der Waals surface area (Å²) < 4.78 is 29.2. The highest BCUT2D eigenvalue weighted by Gasteiger charge is 2.42. The van der Waals surface area contributed by atoms with Crippen molar-refractivity contribution < 1.29 is 22.7 Å². The maximum atomic E-state index is 13.0. The average Bonchev–Trinajstić information content (AvgIpc) is 3.00. The van der Waals surface area contributed by atoms with Gasteiger partial charge in [-0.1, -0.05) is 45.0 Å². The van der Waals surface area contributed by atoms with Crippen molar-refractivity contribution in [2.45, 2.75) is 58.5 Å². The van der Waals surface area contributed by atoms with Crippen LogP contribution in [0.4, 0.5) is 4.79 Å². The first-order valence-electron chi connectivity index (χ1n) is 10.2. The Morgan fingerprint density at radius 2 is 1.87 bits per heavy atom. The fraction of sp³-hybridized carbons (Fsp3) is 0.545. The molecular formula is C22H30N2O5S. The molecule has 164 valence electrons. The lowest BCUT2D eigenvalue weighted by atomic mass is 9.85. The number of hydrogen-bond acceptors (Lipinski definition) is 5. The Balaban J connectivity index is 2.03. The Morgan fingerprint density at radius 3 is 2.37 bits per heavy atom. The van der Waals surface area contributed by atoms with Crippen LogP contribution >= 0.6 is 0 Å². The standard InChI is InChI=1S/C22H30N2O5S/c1-6-29-20(25)18-14(2)24(17-11-12-30(27,28)13-17)21(26)23-19(18)15-7-9-16(10-8-15)22(3,4)5/h7-10,17,19H,6,11-13H2,1-5H3,(H,23,26)/t17-,19-/m0/s1. The van der Waals surface area contributed by atoms with Gasteiger partial charge in [0.2, 0.25) is 0 Å². The number of hydrogen-bond donors (Lipinski definition) is 1. The monoisotopic (exact) mass is 434 g/mol. The van der Waals surface area contributed by atoms with Gasteiger partial charge in [-0.05, 0) is 36.8 Å². The van der Waals surface area contributed by atoms with Crippen LogP contribution in [0.5, 0.6) is 0 Å². The zero-order chi connectivity index (χ0) is 22.3. The lowest BCUT2D eigenvalue weighted by Crippen LogP contribution is -2.52. The molecule has 8 heteroatoms. The summed E-state index contributed by atoms with van der Waals surface area (Å²) in [5.74, 6) is -0.564. The van der Waals surface area contributed by atoms with E-state index in [-0.39, 0.29) is 23.5 Å². The largest absolute Gasteiger partial charge is 0.463 e. The van der Waals surface area contributed by atoms with Crippen molar-refractivity contribution in [3.63, 3.8) is 0 Å². The Hall–Kier alpha value is -2.35. The molecule has 0 saturated carbocycles. The third-order valence-corrected chi connectivity index (χ3v) is 7.46. The third-order valence-electron chi connectivity index (χ3n) is 5.71. The van der Waals surface area contributed by atoms with E-state index < -0.39 is 33.9 Å². The molecule has 0 aliphatic carbocycles. The number of carbonyl (C=O) groups is 2. The van der Waals surface area contributed by atoms with Crippen LogP contribution in [0.3, 0.4) is 0 Å². The van der Waals surface area contributed by atoms with Gasteiger partial charge in [0.05, 0.1) is 35.8 Å². The Morgan fingerprint density at radius 1 is 1.23 bits per heavy atom. The smallest absolute Gasteiger partial charge is 0.338 e. The van der Waals surface area contributed by atoms with E-state index in [9.17, 15) is 18.0 Å². The first-order valence-corrected chi connectivity index (χ1v) is 12.0. The van der Waals surface area contributed by atoms with E-state index in [2.05, 4.69) is 26.1 Å². The Labute approximate surface area is 178 Å². The summed E-state index contributed by atoms with van der Waals surface area (Å²) in [6.07, 6.45) is 0.355. The normalized spacial score (nSPS) is 24.0. The molecule has 1 fully saturated rings. The van der Waals surface area contributed by atoms with Crippen LogP contribution in [-0.4, -0.2) is 49.5 Å². The highest BCUT2D eigenvalue weighted by Crippen LogP contribution is 2.35. The molecule has 2 atom stereocenters. The SMILES string of the molecule is CCOC(=O)C1=C(C)N([C@H]2CCS(=O)(=O)C2)C(=O)N[C@H]1c1ccc(C(C)(C)C)cc1. The van der Waals surface area contributed by atoms with Crippen LogP contribution < -0.4 is 5.32 Å². The highest BCUT2D eigenvalue weighted by molar-refractivity contribution is 7.91. The van der Waals surface area contributed by atoms with Crippen molar-refractivity contribution in [1.82, 2.24) is 10.2 Å². The molecule has 0 unspecified atom stereocenters. The number of nitrogens with one attached hydrogen (secondary N) is 1. The molecule has 0 aromatic heterocycles. The molecule has 7 nitrogen and oxygen atoms in total. The third kappa shape index (κ3) is 4.38. The lowest BCUT2D eigenvalue weighted by Gasteiger charge is -2.38. The average molecular weight is 435 g/mol. The number of carbonyl (C=O) groups excluding carboxylic acids is 2. The van der Waals surface area contributed by atoms with Gasteiger partial charge in [-0.25, -0.2) is 18.0 Å². The van der Waals surface area contributed by atoms with Gasteiger partial charge in [-0.3, -0.25) is 4.90 Å². The summed E-state index contributed by atoms with van der Waals surface area (Å²) in [6.45, 7) is 9.97. The molecule has 2 aliphatic rings.